The van der Waals surface area contributed by atoms with Gasteiger partial charge in [-0.25, -0.2) is 4.79 Å². The number of hydrogen-bond donors (Lipinski definition) is 0. The molecule has 0 amide bonds. The SMILES string of the molecule is O=[C]Oc1ccccc1OC(F)(F)F. The summed E-state index contributed by atoms with van der Waals surface area (Å²) in [6, 6.07) is 4.90. The van der Waals surface area contributed by atoms with Crippen LogP contribution in [0.4, 0.5) is 13.2 Å². The van der Waals surface area contributed by atoms with Crippen LogP contribution in [0.2, 0.25) is 0 Å². The van der Waals surface area contributed by atoms with Crippen molar-refractivity contribution in [2.24, 2.45) is 0 Å². The standard InChI is InChI=1S/C8H4F3O3/c9-8(10,11)14-7-4-2-1-3-6(7)13-5-12/h1-4H. The summed E-state index contributed by atoms with van der Waals surface area (Å²) in [5.74, 6) is -0.914. The van der Waals surface area contributed by atoms with E-state index >= 15 is 0 Å². The Bertz CT molecular complexity index is 322. The third kappa shape index (κ3) is 2.96. The fraction of sp³-hybridized carbons (Fsp3) is 0.125. The van der Waals surface area contributed by atoms with Gasteiger partial charge < -0.3 is 9.47 Å². The van der Waals surface area contributed by atoms with Crippen LogP contribution in [-0.4, -0.2) is 12.8 Å². The highest BCUT2D eigenvalue weighted by Gasteiger charge is 2.32. The molecule has 1 aromatic rings. The van der Waals surface area contributed by atoms with Crippen LogP contribution in [0.5, 0.6) is 11.5 Å². The Morgan fingerprint density at radius 1 is 1.14 bits per heavy atom. The Labute approximate surface area is 77.0 Å². The van der Waals surface area contributed by atoms with Crippen LogP contribution < -0.4 is 9.47 Å². The molecule has 0 fully saturated rings. The van der Waals surface area contributed by atoms with Crippen molar-refractivity contribution in [2.75, 3.05) is 0 Å². The highest BCUT2D eigenvalue weighted by Crippen LogP contribution is 2.31. The molecule has 0 unspecified atom stereocenters. The highest BCUT2D eigenvalue weighted by molar-refractivity contribution is 5.51. The molecular weight excluding hydrogens is 201 g/mol. The number of rotatable bonds is 3. The lowest BCUT2D eigenvalue weighted by Gasteiger charge is -2.10. The van der Waals surface area contributed by atoms with Gasteiger partial charge in [-0.2, -0.15) is 0 Å². The predicted octanol–water partition coefficient (Wildman–Crippen LogP) is 2.03. The molecular formula is C8H4F3O3. The third-order valence-electron chi connectivity index (χ3n) is 1.23. The molecule has 0 aliphatic rings. The zero-order chi connectivity index (χ0) is 10.6. The van der Waals surface area contributed by atoms with Crippen LogP contribution >= 0.6 is 0 Å². The van der Waals surface area contributed by atoms with Crippen molar-refractivity contribution >= 4 is 6.47 Å². The zero-order valence-electron chi connectivity index (χ0n) is 6.67. The van der Waals surface area contributed by atoms with Gasteiger partial charge in [-0.05, 0) is 12.1 Å². The lowest BCUT2D eigenvalue weighted by atomic mass is 10.3. The Morgan fingerprint density at radius 2 is 1.71 bits per heavy atom. The summed E-state index contributed by atoms with van der Waals surface area (Å²) < 4.78 is 43.1. The zero-order valence-corrected chi connectivity index (χ0v) is 6.67. The second-order valence-electron chi connectivity index (χ2n) is 2.18. The van der Waals surface area contributed by atoms with Crippen LogP contribution in [0, 0.1) is 0 Å². The van der Waals surface area contributed by atoms with Crippen LogP contribution in [0.1, 0.15) is 0 Å². The minimum atomic E-state index is -4.82. The number of benzene rings is 1. The summed E-state index contributed by atoms with van der Waals surface area (Å²) in [4.78, 5) is 9.81. The smallest absolute Gasteiger partial charge is 0.414 e. The van der Waals surface area contributed by atoms with Crippen molar-refractivity contribution < 1.29 is 27.4 Å². The average molecular weight is 205 g/mol. The Morgan fingerprint density at radius 3 is 2.21 bits per heavy atom. The molecule has 14 heavy (non-hydrogen) atoms. The summed E-state index contributed by atoms with van der Waals surface area (Å²) in [5.41, 5.74) is 0. The molecule has 0 saturated heterocycles. The molecule has 1 radical (unpaired) electrons. The molecule has 75 valence electrons. The first kappa shape index (κ1) is 10.4. The number of alkyl halides is 3. The second kappa shape index (κ2) is 3.99. The molecule has 6 heteroatoms. The highest BCUT2D eigenvalue weighted by atomic mass is 19.4. The first-order valence-electron chi connectivity index (χ1n) is 3.41. The van der Waals surface area contributed by atoms with Gasteiger partial charge in [-0.3, -0.25) is 0 Å². The molecule has 0 aliphatic carbocycles. The second-order valence-corrected chi connectivity index (χ2v) is 2.18. The molecule has 3 nitrogen and oxygen atoms in total. The molecule has 0 atom stereocenters. The molecule has 0 heterocycles. The van der Waals surface area contributed by atoms with Crippen LogP contribution in [0.3, 0.4) is 0 Å². The number of halogens is 3. The van der Waals surface area contributed by atoms with Gasteiger partial charge in [0.05, 0.1) is 0 Å². The maximum atomic E-state index is 11.8. The van der Waals surface area contributed by atoms with Gasteiger partial charge in [-0.15, -0.1) is 13.2 Å². The van der Waals surface area contributed by atoms with Crippen molar-refractivity contribution in [1.29, 1.82) is 0 Å². The quantitative estimate of drug-likeness (QED) is 0.757. The maximum absolute atomic E-state index is 11.8. The molecule has 1 aromatic carbocycles. The summed E-state index contributed by atoms with van der Waals surface area (Å²) in [7, 11) is 0. The Balaban J connectivity index is 2.89. The van der Waals surface area contributed by atoms with Crippen LogP contribution in [-0.2, 0) is 4.79 Å². The van der Waals surface area contributed by atoms with Gasteiger partial charge in [0.2, 0.25) is 0 Å². The van der Waals surface area contributed by atoms with Gasteiger partial charge in [0, 0.05) is 0 Å². The minimum Gasteiger partial charge on any atom is -0.414 e. The van der Waals surface area contributed by atoms with Crippen molar-refractivity contribution in [2.45, 2.75) is 6.36 Å². The molecule has 0 aliphatic heterocycles. The van der Waals surface area contributed by atoms with E-state index in [2.05, 4.69) is 9.47 Å². The van der Waals surface area contributed by atoms with Gasteiger partial charge in [0.25, 0.3) is 0 Å². The van der Waals surface area contributed by atoms with Crippen molar-refractivity contribution in [3.8, 4) is 11.5 Å². The lowest BCUT2D eigenvalue weighted by molar-refractivity contribution is -0.275. The largest absolute Gasteiger partial charge is 0.573 e. The topological polar surface area (TPSA) is 35.5 Å². The van der Waals surface area contributed by atoms with E-state index in [-0.39, 0.29) is 5.75 Å². The lowest BCUT2D eigenvalue weighted by Crippen LogP contribution is -2.17. The first-order valence-corrected chi connectivity index (χ1v) is 3.41. The summed E-state index contributed by atoms with van der Waals surface area (Å²) in [5, 5.41) is 0. The number of ether oxygens (including phenoxy) is 2. The minimum absolute atomic E-state index is 0.333. The molecule has 0 bridgehead atoms. The van der Waals surface area contributed by atoms with Crippen LogP contribution in [0.25, 0.3) is 0 Å². The molecule has 0 aromatic heterocycles. The average Bonchev–Trinajstić information content (AvgIpc) is 2.06. The summed E-state index contributed by atoms with van der Waals surface area (Å²) in [6.45, 7) is 1.01. The van der Waals surface area contributed by atoms with E-state index in [0.29, 0.717) is 0 Å². The van der Waals surface area contributed by atoms with E-state index in [0.717, 1.165) is 18.6 Å². The number of hydrogen-bond acceptors (Lipinski definition) is 3. The summed E-state index contributed by atoms with van der Waals surface area (Å²) >= 11 is 0. The fourth-order valence-electron chi connectivity index (χ4n) is 0.788. The van der Waals surface area contributed by atoms with Crippen molar-refractivity contribution in [3.05, 3.63) is 24.3 Å². The van der Waals surface area contributed by atoms with E-state index in [1.165, 1.54) is 12.1 Å². The van der Waals surface area contributed by atoms with E-state index in [9.17, 15) is 18.0 Å². The third-order valence-corrected chi connectivity index (χ3v) is 1.23. The Kier molecular flexibility index (Phi) is 2.95. The van der Waals surface area contributed by atoms with Crippen molar-refractivity contribution in [3.63, 3.8) is 0 Å². The van der Waals surface area contributed by atoms with Gasteiger partial charge in [0.15, 0.2) is 11.5 Å². The monoisotopic (exact) mass is 205 g/mol. The fourth-order valence-corrected chi connectivity index (χ4v) is 0.788. The van der Waals surface area contributed by atoms with E-state index < -0.39 is 12.1 Å². The van der Waals surface area contributed by atoms with E-state index in [1.807, 2.05) is 0 Å². The first-order chi connectivity index (χ1) is 6.53. The number of carbonyl (C=O) groups excluding carboxylic acids is 1. The number of para-hydroxylation sites is 2. The van der Waals surface area contributed by atoms with Gasteiger partial charge >= 0.3 is 12.8 Å². The maximum Gasteiger partial charge on any atom is 0.573 e. The molecule has 0 spiro atoms. The van der Waals surface area contributed by atoms with Gasteiger partial charge in [-0.1, -0.05) is 12.1 Å². The molecule has 0 N–H and O–H groups in total. The van der Waals surface area contributed by atoms with E-state index in [4.69, 9.17) is 0 Å². The Hall–Kier alpha value is -1.72. The molecule has 1 rings (SSSR count). The van der Waals surface area contributed by atoms with Crippen molar-refractivity contribution in [1.82, 2.24) is 0 Å². The normalized spacial score (nSPS) is 10.8. The van der Waals surface area contributed by atoms with Crippen LogP contribution in [0.15, 0.2) is 24.3 Å². The predicted molar refractivity (Wildman–Crippen MR) is 39.4 cm³/mol. The van der Waals surface area contributed by atoms with Gasteiger partial charge in [0.1, 0.15) is 0 Å². The summed E-state index contributed by atoms with van der Waals surface area (Å²) in [6.07, 6.45) is -4.82. The molecule has 0 saturated carbocycles. The van der Waals surface area contributed by atoms with E-state index in [1.54, 1.807) is 0 Å².